The summed E-state index contributed by atoms with van der Waals surface area (Å²) in [5, 5.41) is 20.3. The molecule has 2 fully saturated rings. The zero-order chi connectivity index (χ0) is 83.5. The number of carbonyl (C=O) groups excluding carboxylic acids is 13. The van der Waals surface area contributed by atoms with Crippen molar-refractivity contribution in [2.75, 3.05) is 33.0 Å². The minimum absolute atomic E-state index is 0.0176. The van der Waals surface area contributed by atoms with E-state index in [0.29, 0.717) is 108 Å². The number of hydrogen-bond acceptors (Lipinski definition) is 21. The molecule has 10 unspecified atom stereocenters. The molecular formula is C87H140N4O22. The van der Waals surface area contributed by atoms with Crippen molar-refractivity contribution in [1.29, 1.82) is 0 Å². The molecule has 640 valence electrons. The first-order valence-corrected chi connectivity index (χ1v) is 42.5. The monoisotopic (exact) mass is 1590 g/mol. The number of esters is 5. The van der Waals surface area contributed by atoms with Gasteiger partial charge in [-0.05, 0) is 152 Å². The maximum absolute atomic E-state index is 13.9. The Morgan fingerprint density at radius 3 is 1.32 bits per heavy atom. The van der Waals surface area contributed by atoms with Gasteiger partial charge in [0.1, 0.15) is 72.9 Å². The van der Waals surface area contributed by atoms with E-state index in [-0.39, 0.29) is 118 Å². The quantitative estimate of drug-likeness (QED) is 0.0175. The number of nitrogens with one attached hydrogen (secondary N) is 4. The summed E-state index contributed by atoms with van der Waals surface area (Å²) in [5.74, 6) is -7.56. The Kier molecular flexibility index (Phi) is 51.5. The van der Waals surface area contributed by atoms with Crippen LogP contribution in [0, 0.1) is 41.4 Å². The van der Waals surface area contributed by atoms with Crippen LogP contribution in [-0.4, -0.2) is 163 Å². The number of aliphatic carboxylic acids is 1. The van der Waals surface area contributed by atoms with Crippen molar-refractivity contribution in [2.45, 2.75) is 356 Å². The van der Waals surface area contributed by atoms with Crippen LogP contribution < -0.4 is 21.3 Å². The molecule has 2 saturated heterocycles. The number of ether oxygens (including phenoxy) is 7. The van der Waals surface area contributed by atoms with E-state index in [4.69, 9.17) is 33.2 Å². The van der Waals surface area contributed by atoms with Crippen molar-refractivity contribution in [1.82, 2.24) is 21.3 Å². The van der Waals surface area contributed by atoms with Gasteiger partial charge in [-0.3, -0.25) is 47.9 Å². The molecule has 1 aromatic rings. The standard InChI is InChI=1S/C87H140N4O22/c1-11-65(48-59(2)3)83(102)107-46-34-20-21-35-47-108-86(105)72(50-61(6)7)90-77(97)54-76(96)88-45-33-32-44-71(85(104)111-56-64-37-25-22-26-38-64)89-78(98)55-79(99)91-73(51-62(8)9)87(106)113-75-58-110-80-74(57-109-81(75)80)112-84(103)67(49-60(4)5)53-70(95)43-30-19-15-14-17-28-40-68(93)41-31-23-27-39-66(82(100)101)52-69(94)42-29-18-13-12-16-24-36-63(10)92/h22,25-26,37-38,59-62,65-67,71-75,80-81H,11-21,23-24,27-36,39-58H2,1-10H3,(H,88,96)(H,89,98)(H,90,97)(H,91,99)(H,100,101). The molecule has 1 aromatic carbocycles. The fourth-order valence-corrected chi connectivity index (χ4v) is 14.1. The summed E-state index contributed by atoms with van der Waals surface area (Å²) < 4.78 is 40.5. The first kappa shape index (κ1) is 99.7. The molecule has 2 heterocycles. The lowest BCUT2D eigenvalue weighted by molar-refractivity contribution is -0.161. The van der Waals surface area contributed by atoms with Crippen molar-refractivity contribution in [3.8, 4) is 0 Å². The SMILES string of the molecule is CCC(CC(C)C)C(=O)OCCCCCCOC(=O)C(CC(C)C)NC(=O)CC(=O)NCCCCC(NC(=O)CC(=O)NC(CC(C)C)C(=O)OC1COC2C(OC(=O)C(CC(=O)CCCCCCCCC(=O)CCCCCC(CC(=O)CCCCCCCCC(C)=O)C(=O)O)CC(C)C)COC12)C(=O)OCc1ccccc1. The van der Waals surface area contributed by atoms with E-state index in [1.165, 1.54) is 0 Å². The van der Waals surface area contributed by atoms with Gasteiger partial charge < -0.3 is 64.3 Å². The second kappa shape index (κ2) is 58.4. The second-order valence-corrected chi connectivity index (χ2v) is 32.9. The number of Topliss-reactive ketones (excluding diaryl/α,β-unsaturated/α-hetero) is 4. The zero-order valence-corrected chi connectivity index (χ0v) is 69.9. The summed E-state index contributed by atoms with van der Waals surface area (Å²) in [7, 11) is 0. The van der Waals surface area contributed by atoms with Crippen LogP contribution in [0.1, 0.15) is 312 Å². The van der Waals surface area contributed by atoms with Gasteiger partial charge in [0.25, 0.3) is 0 Å². The molecule has 113 heavy (non-hydrogen) atoms. The third-order valence-corrected chi connectivity index (χ3v) is 20.3. The van der Waals surface area contributed by atoms with E-state index in [0.717, 1.165) is 103 Å². The Hall–Kier alpha value is -7.48. The minimum atomic E-state index is -1.21. The molecule has 0 spiro atoms. The lowest BCUT2D eigenvalue weighted by Gasteiger charge is -2.23. The predicted octanol–water partition coefficient (Wildman–Crippen LogP) is 13.3. The lowest BCUT2D eigenvalue weighted by Crippen LogP contribution is -2.48. The van der Waals surface area contributed by atoms with Gasteiger partial charge in [0.15, 0.2) is 12.2 Å². The van der Waals surface area contributed by atoms with Crippen molar-refractivity contribution < 1.29 is 105 Å². The number of ketones is 4. The van der Waals surface area contributed by atoms with Crippen molar-refractivity contribution in [2.24, 2.45) is 41.4 Å². The first-order valence-electron chi connectivity index (χ1n) is 42.5. The number of amides is 4. The highest BCUT2D eigenvalue weighted by Gasteiger charge is 2.52. The van der Waals surface area contributed by atoms with Gasteiger partial charge in [-0.25, -0.2) is 14.4 Å². The molecule has 3 rings (SSSR count). The van der Waals surface area contributed by atoms with Crippen molar-refractivity contribution >= 4 is 82.6 Å². The van der Waals surface area contributed by atoms with Gasteiger partial charge in [-0.1, -0.05) is 157 Å². The lowest BCUT2D eigenvalue weighted by atomic mass is 9.91. The molecule has 0 bridgehead atoms. The van der Waals surface area contributed by atoms with Crippen LogP contribution in [0.5, 0.6) is 0 Å². The summed E-state index contributed by atoms with van der Waals surface area (Å²) in [6.07, 6.45) is 16.5. The van der Waals surface area contributed by atoms with Gasteiger partial charge >= 0.3 is 35.8 Å². The molecule has 2 aliphatic heterocycles. The fourth-order valence-electron chi connectivity index (χ4n) is 14.1. The average molecular weight is 1590 g/mol. The summed E-state index contributed by atoms with van der Waals surface area (Å²) in [5.41, 5.74) is 0.694. The molecule has 0 saturated carbocycles. The van der Waals surface area contributed by atoms with E-state index in [2.05, 4.69) is 35.1 Å². The van der Waals surface area contributed by atoms with Gasteiger partial charge in [0, 0.05) is 51.5 Å². The normalized spacial score (nSPS) is 16.8. The van der Waals surface area contributed by atoms with E-state index in [1.807, 2.05) is 48.5 Å². The third kappa shape index (κ3) is 46.0. The van der Waals surface area contributed by atoms with E-state index in [9.17, 15) is 72.2 Å². The molecule has 10 atom stereocenters. The maximum Gasteiger partial charge on any atom is 0.329 e. The molecule has 26 heteroatoms. The molecule has 26 nitrogen and oxygen atoms in total. The highest BCUT2D eigenvalue weighted by Crippen LogP contribution is 2.33. The smallest absolute Gasteiger partial charge is 0.329 e. The van der Waals surface area contributed by atoms with Crippen LogP contribution in [0.25, 0.3) is 0 Å². The van der Waals surface area contributed by atoms with Gasteiger partial charge in [-0.15, -0.1) is 0 Å². The Morgan fingerprint density at radius 1 is 0.416 bits per heavy atom. The van der Waals surface area contributed by atoms with Gasteiger partial charge in [0.05, 0.1) is 44.2 Å². The largest absolute Gasteiger partial charge is 0.481 e. The summed E-state index contributed by atoms with van der Waals surface area (Å²) >= 11 is 0. The molecule has 0 aromatic heterocycles. The van der Waals surface area contributed by atoms with E-state index < -0.39 is 121 Å². The molecule has 0 aliphatic carbocycles. The molecule has 2 aliphatic rings. The maximum atomic E-state index is 13.9. The predicted molar refractivity (Wildman–Crippen MR) is 426 cm³/mol. The summed E-state index contributed by atoms with van der Waals surface area (Å²) in [4.78, 5) is 181. The van der Waals surface area contributed by atoms with Gasteiger partial charge in [-0.2, -0.15) is 0 Å². The second-order valence-electron chi connectivity index (χ2n) is 32.9. The Balaban J connectivity index is 1.40. The highest BCUT2D eigenvalue weighted by atomic mass is 16.7. The number of carboxylic acid groups (broad SMARTS) is 1. The zero-order valence-electron chi connectivity index (χ0n) is 69.9. The number of fused-ring (bicyclic) bond motifs is 1. The topological polar surface area (TPSA) is 372 Å². The van der Waals surface area contributed by atoms with Gasteiger partial charge in [0.2, 0.25) is 23.6 Å². The number of benzene rings is 1. The van der Waals surface area contributed by atoms with Crippen LogP contribution in [-0.2, 0) is 107 Å². The van der Waals surface area contributed by atoms with Crippen LogP contribution in [0.4, 0.5) is 0 Å². The van der Waals surface area contributed by atoms with E-state index in [1.54, 1.807) is 37.3 Å². The average Bonchev–Trinajstić information content (AvgIpc) is 1.64. The molecule has 0 radical (unpaired) electrons. The summed E-state index contributed by atoms with van der Waals surface area (Å²) in [6.45, 7) is 19.5. The molecule has 4 amide bonds. The number of rotatable bonds is 66. The fraction of sp³-hybridized carbons (Fsp3) is 0.770. The number of carboxylic acids is 1. The van der Waals surface area contributed by atoms with Crippen LogP contribution >= 0.6 is 0 Å². The van der Waals surface area contributed by atoms with E-state index >= 15 is 0 Å². The first-order chi connectivity index (χ1) is 53.9. The Labute approximate surface area is 672 Å². The Bertz CT molecular complexity index is 3050. The van der Waals surface area contributed by atoms with Crippen molar-refractivity contribution in [3.05, 3.63) is 35.9 Å². The third-order valence-electron chi connectivity index (χ3n) is 20.3. The van der Waals surface area contributed by atoms with Crippen LogP contribution in [0.2, 0.25) is 0 Å². The van der Waals surface area contributed by atoms with Crippen LogP contribution in [0.15, 0.2) is 30.3 Å². The number of carbonyl (C=O) groups is 14. The number of hydrogen-bond donors (Lipinski definition) is 5. The molecular weight excluding hydrogens is 1450 g/mol. The van der Waals surface area contributed by atoms with Crippen LogP contribution in [0.3, 0.4) is 0 Å². The Morgan fingerprint density at radius 2 is 0.823 bits per heavy atom. The number of unbranched alkanes of at least 4 members (excludes halogenated alkanes) is 16. The molecule has 5 N–H and O–H groups in total. The minimum Gasteiger partial charge on any atom is -0.481 e. The summed E-state index contributed by atoms with van der Waals surface area (Å²) in [6, 6.07) is 5.51. The highest BCUT2D eigenvalue weighted by molar-refractivity contribution is 6.00. The van der Waals surface area contributed by atoms with Crippen molar-refractivity contribution in [3.63, 3.8) is 0 Å².